The topological polar surface area (TPSA) is 63.6 Å². The lowest BCUT2D eigenvalue weighted by molar-refractivity contribution is 0.0443. The van der Waals surface area contributed by atoms with Crippen LogP contribution in [0.5, 0.6) is 5.75 Å². The molecule has 1 aliphatic heterocycles. The second-order valence-electron chi connectivity index (χ2n) is 4.07. The zero-order valence-corrected chi connectivity index (χ0v) is 10.3. The summed E-state index contributed by atoms with van der Waals surface area (Å²) in [6.45, 7) is 0. The Kier molecular flexibility index (Phi) is 2.54. The molecule has 0 unspecified atom stereocenters. The predicted octanol–water partition coefficient (Wildman–Crippen LogP) is 3.02. The minimum atomic E-state index is -0.826. The number of hydrogen-bond acceptors (Lipinski definition) is 4. The summed E-state index contributed by atoms with van der Waals surface area (Å²) in [5, 5.41) is 10.2. The minimum absolute atomic E-state index is 0.0857. The SMILES string of the molecule is O=C1OC(=O)c2c(-c3ccc(Cl)cc3)ccc(O)c21. The van der Waals surface area contributed by atoms with E-state index in [0.717, 1.165) is 0 Å². The van der Waals surface area contributed by atoms with Crippen LogP contribution in [0.2, 0.25) is 5.02 Å². The van der Waals surface area contributed by atoms with Crippen molar-refractivity contribution in [1.29, 1.82) is 0 Å². The first-order chi connectivity index (χ1) is 9.08. The summed E-state index contributed by atoms with van der Waals surface area (Å²) in [4.78, 5) is 23.2. The number of carbonyl (C=O) groups is 2. The molecule has 0 fully saturated rings. The molecular weight excluding hydrogens is 268 g/mol. The Morgan fingerprint density at radius 1 is 0.895 bits per heavy atom. The third-order valence-electron chi connectivity index (χ3n) is 2.93. The fourth-order valence-electron chi connectivity index (χ4n) is 2.07. The molecule has 3 rings (SSSR count). The number of carbonyl (C=O) groups excluding carboxylic acids is 2. The van der Waals surface area contributed by atoms with Crippen LogP contribution in [-0.2, 0) is 4.74 Å². The fourth-order valence-corrected chi connectivity index (χ4v) is 2.19. The largest absolute Gasteiger partial charge is 0.507 e. The molecule has 0 saturated heterocycles. The van der Waals surface area contributed by atoms with Crippen molar-refractivity contribution in [2.45, 2.75) is 0 Å². The lowest BCUT2D eigenvalue weighted by Gasteiger charge is -2.06. The molecule has 0 spiro atoms. The van der Waals surface area contributed by atoms with Gasteiger partial charge in [-0.15, -0.1) is 0 Å². The number of halogens is 1. The first-order valence-electron chi connectivity index (χ1n) is 5.46. The summed E-state index contributed by atoms with van der Waals surface area (Å²) in [5.74, 6) is -1.84. The zero-order valence-electron chi connectivity index (χ0n) is 9.51. The summed E-state index contributed by atoms with van der Waals surface area (Å²) in [5.41, 5.74) is 1.25. The molecule has 0 bridgehead atoms. The Hall–Kier alpha value is -2.33. The highest BCUT2D eigenvalue weighted by molar-refractivity contribution is 6.30. The molecule has 1 aliphatic rings. The van der Waals surface area contributed by atoms with E-state index in [2.05, 4.69) is 4.74 Å². The van der Waals surface area contributed by atoms with Gasteiger partial charge in [0.15, 0.2) is 0 Å². The maximum atomic E-state index is 11.7. The number of benzene rings is 2. The number of cyclic esters (lactones) is 2. The molecule has 2 aromatic carbocycles. The smallest absolute Gasteiger partial charge is 0.350 e. The quantitative estimate of drug-likeness (QED) is 0.641. The van der Waals surface area contributed by atoms with E-state index in [-0.39, 0.29) is 16.9 Å². The van der Waals surface area contributed by atoms with Gasteiger partial charge >= 0.3 is 11.9 Å². The number of phenolic OH excluding ortho intramolecular Hbond substituents is 1. The van der Waals surface area contributed by atoms with Gasteiger partial charge in [-0.1, -0.05) is 23.7 Å². The van der Waals surface area contributed by atoms with Crippen molar-refractivity contribution in [1.82, 2.24) is 0 Å². The first kappa shape index (κ1) is 11.7. The number of phenols is 1. The van der Waals surface area contributed by atoms with Crippen LogP contribution >= 0.6 is 11.6 Å². The number of esters is 2. The van der Waals surface area contributed by atoms with Crippen LogP contribution in [0.1, 0.15) is 20.7 Å². The van der Waals surface area contributed by atoms with E-state index in [4.69, 9.17) is 11.6 Å². The van der Waals surface area contributed by atoms with Crippen molar-refractivity contribution < 1.29 is 19.4 Å². The fraction of sp³-hybridized carbons (Fsp3) is 0. The van der Waals surface area contributed by atoms with Crippen molar-refractivity contribution in [3.05, 3.63) is 52.5 Å². The molecule has 19 heavy (non-hydrogen) atoms. The maximum absolute atomic E-state index is 11.7. The highest BCUT2D eigenvalue weighted by Crippen LogP contribution is 2.36. The van der Waals surface area contributed by atoms with Gasteiger partial charge in [-0.25, -0.2) is 9.59 Å². The van der Waals surface area contributed by atoms with Crippen molar-refractivity contribution in [2.24, 2.45) is 0 Å². The van der Waals surface area contributed by atoms with E-state index in [1.165, 1.54) is 6.07 Å². The Morgan fingerprint density at radius 2 is 1.53 bits per heavy atom. The molecule has 0 radical (unpaired) electrons. The summed E-state index contributed by atoms with van der Waals surface area (Å²) < 4.78 is 4.53. The molecule has 0 atom stereocenters. The number of aromatic hydroxyl groups is 1. The average molecular weight is 275 g/mol. The minimum Gasteiger partial charge on any atom is -0.507 e. The van der Waals surface area contributed by atoms with Gasteiger partial charge in [-0.05, 0) is 35.4 Å². The summed E-state index contributed by atoms with van der Waals surface area (Å²) in [7, 11) is 0. The van der Waals surface area contributed by atoms with E-state index in [1.807, 2.05) is 0 Å². The van der Waals surface area contributed by atoms with Gasteiger partial charge in [0.2, 0.25) is 0 Å². The van der Waals surface area contributed by atoms with Gasteiger partial charge in [-0.3, -0.25) is 0 Å². The summed E-state index contributed by atoms with van der Waals surface area (Å²) >= 11 is 5.81. The summed E-state index contributed by atoms with van der Waals surface area (Å²) in [6, 6.07) is 9.74. The lowest BCUT2D eigenvalue weighted by atomic mass is 9.96. The predicted molar refractivity (Wildman–Crippen MR) is 68.3 cm³/mol. The van der Waals surface area contributed by atoms with Crippen molar-refractivity contribution in [3.63, 3.8) is 0 Å². The molecule has 4 nitrogen and oxygen atoms in total. The van der Waals surface area contributed by atoms with Crippen LogP contribution in [0.15, 0.2) is 36.4 Å². The van der Waals surface area contributed by atoms with Gasteiger partial charge in [0.1, 0.15) is 11.3 Å². The Labute approximate surface area is 113 Å². The molecule has 2 aromatic rings. The van der Waals surface area contributed by atoms with Gasteiger partial charge in [0.05, 0.1) is 5.56 Å². The van der Waals surface area contributed by atoms with Gasteiger partial charge in [0, 0.05) is 5.02 Å². The number of hydrogen-bond donors (Lipinski definition) is 1. The standard InChI is InChI=1S/C14H7ClO4/c15-8-3-1-7(2-4-8)9-5-6-10(16)12-11(9)13(17)19-14(12)18/h1-6,16H. The van der Waals surface area contributed by atoms with Crippen LogP contribution in [0.4, 0.5) is 0 Å². The highest BCUT2D eigenvalue weighted by atomic mass is 35.5. The van der Waals surface area contributed by atoms with Gasteiger partial charge in [0.25, 0.3) is 0 Å². The average Bonchev–Trinajstić information content (AvgIpc) is 2.68. The normalized spacial score (nSPS) is 13.3. The lowest BCUT2D eigenvalue weighted by Crippen LogP contribution is -1.98. The molecule has 94 valence electrons. The molecule has 0 aliphatic carbocycles. The van der Waals surface area contributed by atoms with Gasteiger partial charge < -0.3 is 9.84 Å². The van der Waals surface area contributed by atoms with E-state index >= 15 is 0 Å². The number of fused-ring (bicyclic) bond motifs is 1. The third kappa shape index (κ3) is 1.77. The van der Waals surface area contributed by atoms with Crippen molar-refractivity contribution >= 4 is 23.5 Å². The Morgan fingerprint density at radius 3 is 2.21 bits per heavy atom. The van der Waals surface area contributed by atoms with E-state index in [9.17, 15) is 14.7 Å². The summed E-state index contributed by atoms with van der Waals surface area (Å²) in [6.07, 6.45) is 0. The molecule has 1 heterocycles. The third-order valence-corrected chi connectivity index (χ3v) is 3.18. The molecule has 0 amide bonds. The number of ether oxygens (including phenoxy) is 1. The van der Waals surface area contributed by atoms with Gasteiger partial charge in [-0.2, -0.15) is 0 Å². The van der Waals surface area contributed by atoms with Crippen LogP contribution in [0.25, 0.3) is 11.1 Å². The van der Waals surface area contributed by atoms with E-state index in [1.54, 1.807) is 30.3 Å². The van der Waals surface area contributed by atoms with Crippen molar-refractivity contribution in [2.75, 3.05) is 0 Å². The van der Waals surface area contributed by atoms with Crippen LogP contribution in [0, 0.1) is 0 Å². The number of rotatable bonds is 1. The van der Waals surface area contributed by atoms with Crippen molar-refractivity contribution in [3.8, 4) is 16.9 Å². The van der Waals surface area contributed by atoms with E-state index in [0.29, 0.717) is 16.1 Å². The van der Waals surface area contributed by atoms with Crippen LogP contribution in [0.3, 0.4) is 0 Å². The molecule has 0 saturated carbocycles. The molecule has 5 heteroatoms. The first-order valence-corrected chi connectivity index (χ1v) is 5.84. The molecular formula is C14H7ClO4. The van der Waals surface area contributed by atoms with Crippen LogP contribution in [-0.4, -0.2) is 17.0 Å². The monoisotopic (exact) mass is 274 g/mol. The van der Waals surface area contributed by atoms with E-state index < -0.39 is 11.9 Å². The maximum Gasteiger partial charge on any atom is 0.350 e. The Bertz CT molecular complexity index is 704. The highest BCUT2D eigenvalue weighted by Gasteiger charge is 2.35. The van der Waals surface area contributed by atoms with Crippen LogP contribution < -0.4 is 0 Å². The second-order valence-corrected chi connectivity index (χ2v) is 4.50. The second kappa shape index (κ2) is 4.10. The zero-order chi connectivity index (χ0) is 13.6. The Balaban J connectivity index is 2.27. The molecule has 1 N–H and O–H groups in total. The molecule has 0 aromatic heterocycles.